The Kier molecular flexibility index (Phi) is 6.62. The number of hydrogen-bond donors (Lipinski definition) is 1. The molecule has 0 aromatic heterocycles. The minimum Gasteiger partial charge on any atom is -0.326 e. The molecule has 1 N–H and O–H groups in total. The number of para-hydroxylation sites is 1. The minimum atomic E-state index is -3.56. The van der Waals surface area contributed by atoms with E-state index < -0.39 is 15.9 Å². The highest BCUT2D eigenvalue weighted by Crippen LogP contribution is 2.29. The molecule has 2 saturated heterocycles. The van der Waals surface area contributed by atoms with Crippen LogP contribution in [0.4, 0.5) is 11.4 Å². The fourth-order valence-electron chi connectivity index (χ4n) is 4.53. The third kappa shape index (κ3) is 4.56. The first-order chi connectivity index (χ1) is 15.4. The number of benzene rings is 2. The Balaban J connectivity index is 1.41. The van der Waals surface area contributed by atoms with Crippen LogP contribution in [0.3, 0.4) is 0 Å². The van der Waals surface area contributed by atoms with E-state index in [2.05, 4.69) is 5.32 Å². The van der Waals surface area contributed by atoms with E-state index in [0.717, 1.165) is 31.4 Å². The second-order valence-electron chi connectivity index (χ2n) is 8.43. The lowest BCUT2D eigenvalue weighted by Crippen LogP contribution is -2.43. The number of hydrogen-bond acceptors (Lipinski definition) is 4. The number of nitrogens with one attached hydrogen (secondary N) is 1. The normalized spacial score (nSPS) is 22.2. The summed E-state index contributed by atoms with van der Waals surface area (Å²) in [5.74, 6) is -0.774. The highest BCUT2D eigenvalue weighted by molar-refractivity contribution is 7.89. The molecule has 170 valence electrons. The predicted molar refractivity (Wildman–Crippen MR) is 124 cm³/mol. The maximum Gasteiger partial charge on any atom is 0.243 e. The van der Waals surface area contributed by atoms with Crippen molar-refractivity contribution in [3.05, 3.63) is 54.6 Å². The van der Waals surface area contributed by atoms with Crippen LogP contribution in [0.5, 0.6) is 0 Å². The summed E-state index contributed by atoms with van der Waals surface area (Å²) >= 11 is 0. The van der Waals surface area contributed by atoms with Crippen molar-refractivity contribution in [3.63, 3.8) is 0 Å². The predicted octanol–water partition coefficient (Wildman–Crippen LogP) is 3.63. The molecule has 2 amide bonds. The first kappa shape index (κ1) is 22.5. The molecule has 4 rings (SSSR count). The molecule has 2 fully saturated rings. The molecule has 7 nitrogen and oxygen atoms in total. The fraction of sp³-hybridized carbons (Fsp3) is 0.417. The van der Waals surface area contributed by atoms with E-state index in [1.165, 1.54) is 0 Å². The van der Waals surface area contributed by atoms with Crippen LogP contribution in [-0.2, 0) is 19.6 Å². The molecular weight excluding hydrogens is 426 g/mol. The summed E-state index contributed by atoms with van der Waals surface area (Å²) in [5, 5.41) is 2.83. The van der Waals surface area contributed by atoms with Crippen molar-refractivity contribution in [3.8, 4) is 0 Å². The molecule has 0 spiro atoms. The Morgan fingerprint density at radius 3 is 2.47 bits per heavy atom. The SMILES string of the molecule is CCC1CCCCN1S(=O)(=O)c1ccc(NC(=O)C2CC(=O)N(c3ccccc3)C2)cc1. The lowest BCUT2D eigenvalue weighted by Gasteiger charge is -2.34. The van der Waals surface area contributed by atoms with Gasteiger partial charge in [-0.3, -0.25) is 9.59 Å². The quantitative estimate of drug-likeness (QED) is 0.721. The van der Waals surface area contributed by atoms with Crippen molar-refractivity contribution in [1.82, 2.24) is 4.31 Å². The number of nitrogens with zero attached hydrogens (tertiary/aromatic N) is 2. The third-order valence-corrected chi connectivity index (χ3v) is 8.30. The van der Waals surface area contributed by atoms with Crippen LogP contribution >= 0.6 is 0 Å². The molecule has 2 aliphatic rings. The highest BCUT2D eigenvalue weighted by Gasteiger charge is 2.35. The Bertz CT molecular complexity index is 1070. The summed E-state index contributed by atoms with van der Waals surface area (Å²) in [5.41, 5.74) is 1.30. The van der Waals surface area contributed by atoms with Crippen molar-refractivity contribution in [1.29, 1.82) is 0 Å². The summed E-state index contributed by atoms with van der Waals surface area (Å²) in [7, 11) is -3.56. The summed E-state index contributed by atoms with van der Waals surface area (Å²) in [6, 6.07) is 15.7. The van der Waals surface area contributed by atoms with Crippen molar-refractivity contribution < 1.29 is 18.0 Å². The average molecular weight is 456 g/mol. The minimum absolute atomic E-state index is 0.0422. The van der Waals surface area contributed by atoms with Gasteiger partial charge in [0, 0.05) is 36.9 Å². The number of piperidine rings is 1. The smallest absolute Gasteiger partial charge is 0.243 e. The number of carbonyl (C=O) groups excluding carboxylic acids is 2. The van der Waals surface area contributed by atoms with Gasteiger partial charge in [-0.2, -0.15) is 4.31 Å². The Labute approximate surface area is 189 Å². The number of sulfonamides is 1. The zero-order valence-corrected chi connectivity index (χ0v) is 19.1. The zero-order valence-electron chi connectivity index (χ0n) is 18.2. The Morgan fingerprint density at radius 1 is 1.06 bits per heavy atom. The van der Waals surface area contributed by atoms with Gasteiger partial charge in [-0.25, -0.2) is 8.42 Å². The lowest BCUT2D eigenvalue weighted by atomic mass is 10.0. The molecular formula is C24H29N3O4S. The van der Waals surface area contributed by atoms with Crippen molar-refractivity contribution in [2.45, 2.75) is 50.0 Å². The number of amides is 2. The van der Waals surface area contributed by atoms with Gasteiger partial charge in [0.15, 0.2) is 0 Å². The van der Waals surface area contributed by atoms with Crippen LogP contribution in [0.15, 0.2) is 59.5 Å². The van der Waals surface area contributed by atoms with Gasteiger partial charge in [0.1, 0.15) is 0 Å². The zero-order chi connectivity index (χ0) is 22.7. The van der Waals surface area contributed by atoms with E-state index in [1.54, 1.807) is 33.5 Å². The second-order valence-corrected chi connectivity index (χ2v) is 10.3. The van der Waals surface area contributed by atoms with E-state index in [0.29, 0.717) is 18.8 Å². The Morgan fingerprint density at radius 2 is 1.78 bits per heavy atom. The molecule has 2 aromatic rings. The molecule has 0 aliphatic carbocycles. The third-order valence-electron chi connectivity index (χ3n) is 6.34. The molecule has 32 heavy (non-hydrogen) atoms. The summed E-state index contributed by atoms with van der Waals surface area (Å²) in [6.07, 6.45) is 3.78. The van der Waals surface area contributed by atoms with Crippen LogP contribution in [0, 0.1) is 5.92 Å². The number of anilines is 2. The van der Waals surface area contributed by atoms with Gasteiger partial charge >= 0.3 is 0 Å². The fourth-order valence-corrected chi connectivity index (χ4v) is 6.30. The van der Waals surface area contributed by atoms with Crippen LogP contribution in [0.2, 0.25) is 0 Å². The first-order valence-electron chi connectivity index (χ1n) is 11.2. The molecule has 0 saturated carbocycles. The maximum absolute atomic E-state index is 13.1. The van der Waals surface area contributed by atoms with E-state index in [1.807, 2.05) is 37.3 Å². The van der Waals surface area contributed by atoms with Gasteiger partial charge in [-0.1, -0.05) is 31.5 Å². The molecule has 2 atom stereocenters. The average Bonchev–Trinajstić information content (AvgIpc) is 3.21. The summed E-state index contributed by atoms with van der Waals surface area (Å²) in [6.45, 7) is 2.89. The van der Waals surface area contributed by atoms with Gasteiger partial charge in [0.05, 0.1) is 10.8 Å². The van der Waals surface area contributed by atoms with Gasteiger partial charge in [-0.15, -0.1) is 0 Å². The molecule has 2 aliphatic heterocycles. The van der Waals surface area contributed by atoms with Gasteiger partial charge in [-0.05, 0) is 55.7 Å². The monoisotopic (exact) mass is 455 g/mol. The van der Waals surface area contributed by atoms with Gasteiger partial charge in [0.25, 0.3) is 0 Å². The van der Waals surface area contributed by atoms with Crippen molar-refractivity contribution in [2.24, 2.45) is 5.92 Å². The van der Waals surface area contributed by atoms with E-state index >= 15 is 0 Å². The van der Waals surface area contributed by atoms with E-state index in [4.69, 9.17) is 0 Å². The first-order valence-corrected chi connectivity index (χ1v) is 12.6. The van der Waals surface area contributed by atoms with Crippen molar-refractivity contribution >= 4 is 33.2 Å². The Hall–Kier alpha value is -2.71. The maximum atomic E-state index is 13.1. The molecule has 2 aromatic carbocycles. The highest BCUT2D eigenvalue weighted by atomic mass is 32.2. The molecule has 2 heterocycles. The number of rotatable bonds is 6. The molecule has 8 heteroatoms. The van der Waals surface area contributed by atoms with Crippen LogP contribution in [-0.4, -0.2) is 43.7 Å². The van der Waals surface area contributed by atoms with Gasteiger partial charge < -0.3 is 10.2 Å². The van der Waals surface area contributed by atoms with Crippen molar-refractivity contribution in [2.75, 3.05) is 23.3 Å². The van der Waals surface area contributed by atoms with Gasteiger partial charge in [0.2, 0.25) is 21.8 Å². The van der Waals surface area contributed by atoms with Crippen LogP contribution in [0.1, 0.15) is 39.0 Å². The van der Waals surface area contributed by atoms with E-state index in [-0.39, 0.29) is 29.2 Å². The molecule has 2 unspecified atom stereocenters. The van der Waals surface area contributed by atoms with Crippen LogP contribution < -0.4 is 10.2 Å². The summed E-state index contributed by atoms with van der Waals surface area (Å²) in [4.78, 5) is 27.0. The molecule has 0 bridgehead atoms. The largest absolute Gasteiger partial charge is 0.326 e. The summed E-state index contributed by atoms with van der Waals surface area (Å²) < 4.78 is 27.8. The van der Waals surface area contributed by atoms with Crippen LogP contribution in [0.25, 0.3) is 0 Å². The van der Waals surface area contributed by atoms with E-state index in [9.17, 15) is 18.0 Å². The topological polar surface area (TPSA) is 86.8 Å². The lowest BCUT2D eigenvalue weighted by molar-refractivity contribution is -0.122. The second kappa shape index (κ2) is 9.42. The standard InChI is InChI=1S/C24H29N3O4S/c1-2-20-8-6-7-15-27(20)32(30,31)22-13-11-19(12-14-22)25-24(29)18-16-23(28)26(17-18)21-9-4-3-5-10-21/h3-5,9-14,18,20H,2,6-8,15-17H2,1H3,(H,25,29). The number of carbonyl (C=O) groups is 2. The molecule has 0 radical (unpaired) electrons.